The van der Waals surface area contributed by atoms with Crippen LogP contribution >= 0.6 is 23.6 Å². The standard InChI is InChI=1S/C12H11FN2S2/c13-10-6-8(12(14)16)3-4-11(10)15-7-9-2-1-5-17-9/h1-6,15H,7H2,(H2,14,16). The van der Waals surface area contributed by atoms with Gasteiger partial charge >= 0.3 is 0 Å². The predicted octanol–water partition coefficient (Wildman–Crippen LogP) is 3.13. The van der Waals surface area contributed by atoms with E-state index >= 15 is 0 Å². The molecule has 0 bridgehead atoms. The average molecular weight is 266 g/mol. The lowest BCUT2D eigenvalue weighted by atomic mass is 10.2. The van der Waals surface area contributed by atoms with Gasteiger partial charge in [0.1, 0.15) is 10.8 Å². The largest absolute Gasteiger partial charge is 0.389 e. The molecule has 2 nitrogen and oxygen atoms in total. The first kappa shape index (κ1) is 12.0. The minimum atomic E-state index is -0.341. The van der Waals surface area contributed by atoms with Gasteiger partial charge in [0.2, 0.25) is 0 Å². The Balaban J connectivity index is 2.09. The van der Waals surface area contributed by atoms with Crippen LogP contribution in [0.25, 0.3) is 0 Å². The molecule has 0 atom stereocenters. The van der Waals surface area contributed by atoms with Crippen molar-refractivity contribution in [3.8, 4) is 0 Å². The maximum absolute atomic E-state index is 13.7. The molecule has 0 aliphatic rings. The van der Waals surface area contributed by atoms with Gasteiger partial charge in [0.15, 0.2) is 0 Å². The average Bonchev–Trinajstić information content (AvgIpc) is 2.80. The van der Waals surface area contributed by atoms with Crippen LogP contribution in [-0.2, 0) is 6.54 Å². The molecule has 0 radical (unpaired) electrons. The van der Waals surface area contributed by atoms with Gasteiger partial charge in [-0.05, 0) is 29.6 Å². The van der Waals surface area contributed by atoms with Crippen LogP contribution in [0.1, 0.15) is 10.4 Å². The van der Waals surface area contributed by atoms with Crippen molar-refractivity contribution >= 4 is 34.2 Å². The van der Waals surface area contributed by atoms with Crippen molar-refractivity contribution in [3.05, 3.63) is 52.0 Å². The van der Waals surface area contributed by atoms with E-state index in [1.165, 1.54) is 6.07 Å². The molecule has 0 saturated heterocycles. The number of halogens is 1. The Morgan fingerprint density at radius 3 is 2.82 bits per heavy atom. The molecule has 0 saturated carbocycles. The van der Waals surface area contributed by atoms with Crippen LogP contribution in [0.4, 0.5) is 10.1 Å². The van der Waals surface area contributed by atoms with Crippen LogP contribution < -0.4 is 11.1 Å². The van der Waals surface area contributed by atoms with E-state index < -0.39 is 0 Å². The summed E-state index contributed by atoms with van der Waals surface area (Å²) in [6.45, 7) is 0.612. The van der Waals surface area contributed by atoms with Gasteiger partial charge in [0, 0.05) is 17.0 Å². The number of rotatable bonds is 4. The van der Waals surface area contributed by atoms with E-state index in [9.17, 15) is 4.39 Å². The van der Waals surface area contributed by atoms with Crippen molar-refractivity contribution in [1.29, 1.82) is 0 Å². The minimum absolute atomic E-state index is 0.203. The predicted molar refractivity (Wildman–Crippen MR) is 73.9 cm³/mol. The summed E-state index contributed by atoms with van der Waals surface area (Å²) in [7, 11) is 0. The van der Waals surface area contributed by atoms with Crippen molar-refractivity contribution in [1.82, 2.24) is 0 Å². The SMILES string of the molecule is NC(=S)c1ccc(NCc2cccs2)c(F)c1. The number of thiophene rings is 1. The highest BCUT2D eigenvalue weighted by Gasteiger charge is 2.05. The second-order valence-corrected chi connectivity index (χ2v) is 4.96. The fourth-order valence-corrected chi connectivity index (χ4v) is 2.18. The van der Waals surface area contributed by atoms with Crippen molar-refractivity contribution in [3.63, 3.8) is 0 Å². The third-order valence-electron chi connectivity index (χ3n) is 2.29. The Kier molecular flexibility index (Phi) is 3.71. The lowest BCUT2D eigenvalue weighted by Crippen LogP contribution is -2.10. The number of hydrogen-bond donors (Lipinski definition) is 2. The summed E-state index contributed by atoms with van der Waals surface area (Å²) in [5, 5.41) is 5.02. The second kappa shape index (κ2) is 5.25. The van der Waals surface area contributed by atoms with Gasteiger partial charge in [-0.25, -0.2) is 4.39 Å². The third-order valence-corrected chi connectivity index (χ3v) is 3.40. The Bertz CT molecular complexity index is 523. The normalized spacial score (nSPS) is 10.2. The van der Waals surface area contributed by atoms with Gasteiger partial charge in [-0.3, -0.25) is 0 Å². The molecule has 0 amide bonds. The minimum Gasteiger partial charge on any atom is -0.389 e. The molecule has 17 heavy (non-hydrogen) atoms. The van der Waals surface area contributed by atoms with Gasteiger partial charge in [0.05, 0.1) is 5.69 Å². The van der Waals surface area contributed by atoms with Gasteiger partial charge in [0.25, 0.3) is 0 Å². The number of thiocarbonyl (C=S) groups is 1. The molecule has 1 aromatic carbocycles. The third kappa shape index (κ3) is 3.01. The van der Waals surface area contributed by atoms with Crippen LogP contribution in [0.2, 0.25) is 0 Å². The number of nitrogens with two attached hydrogens (primary N) is 1. The van der Waals surface area contributed by atoms with Crippen molar-refractivity contribution < 1.29 is 4.39 Å². The molecule has 2 aromatic rings. The molecule has 0 unspecified atom stereocenters. The Labute approximate surface area is 108 Å². The summed E-state index contributed by atoms with van der Waals surface area (Å²) in [5.74, 6) is -0.341. The van der Waals surface area contributed by atoms with Crippen LogP contribution in [0, 0.1) is 5.82 Å². The summed E-state index contributed by atoms with van der Waals surface area (Å²) in [6, 6.07) is 8.67. The molecule has 0 spiro atoms. The molecule has 0 aliphatic heterocycles. The maximum Gasteiger partial charge on any atom is 0.146 e. The highest BCUT2D eigenvalue weighted by Crippen LogP contribution is 2.18. The van der Waals surface area contributed by atoms with Crippen molar-refractivity contribution in [2.75, 3.05) is 5.32 Å². The van der Waals surface area contributed by atoms with E-state index in [1.54, 1.807) is 23.5 Å². The molecule has 5 heteroatoms. The first-order chi connectivity index (χ1) is 8.16. The summed E-state index contributed by atoms with van der Waals surface area (Å²) in [4.78, 5) is 1.36. The van der Waals surface area contributed by atoms with Gasteiger partial charge in [-0.15, -0.1) is 11.3 Å². The van der Waals surface area contributed by atoms with E-state index in [2.05, 4.69) is 5.32 Å². The molecule has 2 rings (SSSR count). The Hall–Kier alpha value is -1.46. The van der Waals surface area contributed by atoms with E-state index in [1.807, 2.05) is 17.5 Å². The van der Waals surface area contributed by atoms with E-state index in [-0.39, 0.29) is 10.8 Å². The summed E-state index contributed by atoms with van der Waals surface area (Å²) >= 11 is 6.42. The molecule has 88 valence electrons. The molecule has 1 aromatic heterocycles. The highest BCUT2D eigenvalue weighted by molar-refractivity contribution is 7.80. The Morgan fingerprint density at radius 1 is 1.41 bits per heavy atom. The summed E-state index contributed by atoms with van der Waals surface area (Å²) in [5.41, 5.74) is 6.43. The van der Waals surface area contributed by atoms with Gasteiger partial charge in [-0.2, -0.15) is 0 Å². The fraction of sp³-hybridized carbons (Fsp3) is 0.0833. The topological polar surface area (TPSA) is 38.0 Å². The van der Waals surface area contributed by atoms with E-state index in [0.717, 1.165) is 4.88 Å². The van der Waals surface area contributed by atoms with Gasteiger partial charge < -0.3 is 11.1 Å². The zero-order valence-electron chi connectivity index (χ0n) is 8.94. The summed E-state index contributed by atoms with van der Waals surface area (Å²) in [6.07, 6.45) is 0. The first-order valence-corrected chi connectivity index (χ1v) is 6.31. The lowest BCUT2D eigenvalue weighted by molar-refractivity contribution is 0.630. The fourth-order valence-electron chi connectivity index (χ4n) is 1.41. The van der Waals surface area contributed by atoms with E-state index in [4.69, 9.17) is 18.0 Å². The maximum atomic E-state index is 13.7. The number of benzene rings is 1. The van der Waals surface area contributed by atoms with Crippen molar-refractivity contribution in [2.45, 2.75) is 6.54 Å². The summed E-state index contributed by atoms with van der Waals surface area (Å²) < 4.78 is 13.7. The van der Waals surface area contributed by atoms with Crippen LogP contribution in [0.3, 0.4) is 0 Å². The Morgan fingerprint density at radius 2 is 2.24 bits per heavy atom. The quantitative estimate of drug-likeness (QED) is 0.835. The smallest absolute Gasteiger partial charge is 0.146 e. The molecular formula is C12H11FN2S2. The zero-order valence-corrected chi connectivity index (χ0v) is 10.6. The molecule has 3 N–H and O–H groups in total. The molecular weight excluding hydrogens is 255 g/mol. The number of nitrogens with one attached hydrogen (secondary N) is 1. The molecule has 0 aliphatic carbocycles. The second-order valence-electron chi connectivity index (χ2n) is 3.49. The monoisotopic (exact) mass is 266 g/mol. The van der Waals surface area contributed by atoms with Gasteiger partial charge in [-0.1, -0.05) is 18.3 Å². The van der Waals surface area contributed by atoms with Crippen LogP contribution in [-0.4, -0.2) is 4.99 Å². The number of anilines is 1. The molecule has 0 fully saturated rings. The van der Waals surface area contributed by atoms with Crippen LogP contribution in [0.15, 0.2) is 35.7 Å². The zero-order chi connectivity index (χ0) is 12.3. The number of hydrogen-bond acceptors (Lipinski definition) is 3. The highest BCUT2D eigenvalue weighted by atomic mass is 32.1. The lowest BCUT2D eigenvalue weighted by Gasteiger charge is -2.07. The first-order valence-electron chi connectivity index (χ1n) is 5.02. The van der Waals surface area contributed by atoms with Crippen molar-refractivity contribution in [2.24, 2.45) is 5.73 Å². The van der Waals surface area contributed by atoms with Crippen LogP contribution in [0.5, 0.6) is 0 Å². The van der Waals surface area contributed by atoms with E-state index in [0.29, 0.717) is 17.8 Å². The molecule has 1 heterocycles.